The van der Waals surface area contributed by atoms with Gasteiger partial charge >= 0.3 is 0 Å². The summed E-state index contributed by atoms with van der Waals surface area (Å²) < 4.78 is 5.59. The highest BCUT2D eigenvalue weighted by Gasteiger charge is 2.19. The van der Waals surface area contributed by atoms with Crippen molar-refractivity contribution >= 4 is 11.6 Å². The van der Waals surface area contributed by atoms with E-state index in [2.05, 4.69) is 40.9 Å². The Morgan fingerprint density at radius 2 is 1.97 bits per heavy atom. The second kappa shape index (κ2) is 11.7. The Balaban J connectivity index is 1.68. The molecule has 0 fully saturated rings. The van der Waals surface area contributed by atoms with Crippen molar-refractivity contribution in [2.75, 3.05) is 13.2 Å². The molecule has 0 radical (unpaired) electrons. The molecule has 0 aliphatic rings. The zero-order chi connectivity index (χ0) is 25.4. The third-order valence-electron chi connectivity index (χ3n) is 5.65. The highest BCUT2D eigenvalue weighted by atomic mass is 16.5. The topological polar surface area (TPSA) is 91.6 Å². The van der Waals surface area contributed by atoms with Gasteiger partial charge in [-0.05, 0) is 48.6 Å². The third-order valence-corrected chi connectivity index (χ3v) is 5.65. The monoisotopic (exact) mass is 474 g/mol. The van der Waals surface area contributed by atoms with Gasteiger partial charge in [-0.1, -0.05) is 52.0 Å². The Morgan fingerprint density at radius 3 is 2.57 bits per heavy atom. The number of H-pyrrole nitrogens is 1. The van der Waals surface area contributed by atoms with E-state index in [0.29, 0.717) is 36.4 Å². The molecular weight excluding hydrogens is 440 g/mol. The predicted molar refractivity (Wildman–Crippen MR) is 138 cm³/mol. The number of aliphatic hydroxyl groups excluding tert-OH is 1. The van der Waals surface area contributed by atoms with E-state index >= 15 is 0 Å². The molecule has 1 aromatic heterocycles. The normalized spacial score (nSPS) is 12.1. The van der Waals surface area contributed by atoms with Gasteiger partial charge in [-0.25, -0.2) is 9.83 Å². The Kier molecular flexibility index (Phi) is 8.67. The number of hydrogen-bond donors (Lipinski definition) is 3. The molecule has 0 unspecified atom stereocenters. The summed E-state index contributed by atoms with van der Waals surface area (Å²) >= 11 is 0. The van der Waals surface area contributed by atoms with Crippen LogP contribution in [0.4, 0.5) is 5.69 Å². The van der Waals surface area contributed by atoms with E-state index in [1.165, 1.54) is 0 Å². The highest BCUT2D eigenvalue weighted by Crippen LogP contribution is 2.29. The minimum atomic E-state index is -0.279. The molecule has 0 saturated carbocycles. The summed E-state index contributed by atoms with van der Waals surface area (Å²) in [4.78, 5) is 24.3. The van der Waals surface area contributed by atoms with Gasteiger partial charge in [0.05, 0.1) is 25.1 Å². The number of carbonyl (C=O) groups is 1. The molecule has 1 atom stereocenters. The molecular formula is C28H34N4O3. The number of carbonyl (C=O) groups excluding carboxylic acids is 1. The van der Waals surface area contributed by atoms with Crippen molar-refractivity contribution < 1.29 is 14.6 Å². The summed E-state index contributed by atoms with van der Waals surface area (Å²) in [5.41, 5.74) is 3.71. The maximum absolute atomic E-state index is 12.9. The Morgan fingerprint density at radius 1 is 1.23 bits per heavy atom. The summed E-state index contributed by atoms with van der Waals surface area (Å²) in [6, 6.07) is 12.8. The molecule has 7 heteroatoms. The molecule has 3 rings (SSSR count). The molecule has 1 amide bonds. The molecule has 0 bridgehead atoms. The molecule has 0 aliphatic heterocycles. The van der Waals surface area contributed by atoms with Gasteiger partial charge in [0.2, 0.25) is 11.6 Å². The number of benzene rings is 2. The van der Waals surface area contributed by atoms with E-state index < -0.39 is 0 Å². The van der Waals surface area contributed by atoms with Crippen LogP contribution in [-0.4, -0.2) is 40.2 Å². The predicted octanol–water partition coefficient (Wildman–Crippen LogP) is 5.44. The Hall–Kier alpha value is -3.63. The van der Waals surface area contributed by atoms with Gasteiger partial charge in [-0.3, -0.25) is 4.79 Å². The van der Waals surface area contributed by atoms with Crippen molar-refractivity contribution in [3.8, 4) is 17.0 Å². The molecule has 1 heterocycles. The fraction of sp³-hybridized carbons (Fsp3) is 0.393. The first-order chi connectivity index (χ1) is 16.7. The molecule has 0 aliphatic carbocycles. The van der Waals surface area contributed by atoms with Crippen LogP contribution in [0.3, 0.4) is 0 Å². The van der Waals surface area contributed by atoms with Crippen molar-refractivity contribution in [3.05, 3.63) is 77.0 Å². The first-order valence-corrected chi connectivity index (χ1v) is 12.0. The van der Waals surface area contributed by atoms with Crippen LogP contribution in [0.5, 0.6) is 5.75 Å². The van der Waals surface area contributed by atoms with Crippen molar-refractivity contribution in [1.82, 2.24) is 15.3 Å². The van der Waals surface area contributed by atoms with Crippen LogP contribution in [0.1, 0.15) is 62.3 Å². The first-order valence-electron chi connectivity index (χ1n) is 12.0. The maximum atomic E-state index is 12.9. The maximum Gasteiger partial charge on any atom is 0.250 e. The van der Waals surface area contributed by atoms with Gasteiger partial charge in [0, 0.05) is 23.6 Å². The SMILES string of the molecule is [C-]#[N+]c1cc(C(=O)N[C@H](CCO)Cc2ccc(-c3cnc(C(C)(C)C)[nH]3)cc2)ccc1OCCC. The zero-order valence-electron chi connectivity index (χ0n) is 20.9. The number of aromatic amines is 1. The summed E-state index contributed by atoms with van der Waals surface area (Å²) in [5.74, 6) is 1.14. The molecule has 0 spiro atoms. The molecule has 0 saturated heterocycles. The van der Waals surface area contributed by atoms with Crippen LogP contribution >= 0.6 is 0 Å². The van der Waals surface area contributed by atoms with Gasteiger partial charge in [0.25, 0.3) is 0 Å². The number of ether oxygens (including phenoxy) is 1. The number of aromatic nitrogens is 2. The van der Waals surface area contributed by atoms with Crippen LogP contribution in [0.2, 0.25) is 0 Å². The van der Waals surface area contributed by atoms with Crippen molar-refractivity contribution in [1.29, 1.82) is 0 Å². The minimum Gasteiger partial charge on any atom is -0.505 e. The lowest BCUT2D eigenvalue weighted by atomic mass is 9.96. The van der Waals surface area contributed by atoms with Gasteiger partial charge in [0.15, 0.2) is 0 Å². The van der Waals surface area contributed by atoms with E-state index in [1.807, 2.05) is 37.4 Å². The second-order valence-electron chi connectivity index (χ2n) is 9.62. The zero-order valence-corrected chi connectivity index (χ0v) is 20.9. The number of rotatable bonds is 10. The molecule has 184 valence electrons. The van der Waals surface area contributed by atoms with Crippen LogP contribution < -0.4 is 10.1 Å². The summed E-state index contributed by atoms with van der Waals surface area (Å²) in [6.45, 7) is 16.2. The number of imidazole rings is 1. The van der Waals surface area contributed by atoms with Crippen molar-refractivity contribution in [2.24, 2.45) is 0 Å². The minimum absolute atomic E-state index is 0.0378. The molecule has 3 aromatic rings. The highest BCUT2D eigenvalue weighted by molar-refractivity contribution is 5.95. The lowest BCUT2D eigenvalue weighted by Crippen LogP contribution is -2.37. The van der Waals surface area contributed by atoms with Crippen molar-refractivity contribution in [3.63, 3.8) is 0 Å². The average molecular weight is 475 g/mol. The Labute approximate surface area is 207 Å². The van der Waals surface area contributed by atoms with Gasteiger partial charge in [0.1, 0.15) is 11.6 Å². The quantitative estimate of drug-likeness (QED) is 0.341. The fourth-order valence-corrected chi connectivity index (χ4v) is 3.68. The molecule has 35 heavy (non-hydrogen) atoms. The number of aliphatic hydroxyl groups is 1. The lowest BCUT2D eigenvalue weighted by molar-refractivity contribution is 0.0930. The Bertz CT molecular complexity index is 1170. The van der Waals surface area contributed by atoms with Gasteiger partial charge in [-0.2, -0.15) is 0 Å². The number of hydrogen-bond acceptors (Lipinski definition) is 4. The largest absolute Gasteiger partial charge is 0.505 e. The van der Waals surface area contributed by atoms with Gasteiger partial charge < -0.3 is 20.1 Å². The standard InChI is InChI=1S/C28H34N4O3/c1-6-15-35-25-12-11-21(17-23(25)29-5)26(34)31-22(13-14-33)16-19-7-9-20(10-8-19)24-18-30-27(32-24)28(2,3)4/h7-12,17-18,22,33H,6,13-16H2,1-4H3,(H,30,32)(H,31,34)/t22-/m1/s1. The third kappa shape index (κ3) is 6.93. The summed E-state index contributed by atoms with van der Waals surface area (Å²) in [5, 5.41) is 12.5. The number of nitrogens with one attached hydrogen (secondary N) is 2. The fourth-order valence-electron chi connectivity index (χ4n) is 3.68. The number of nitrogens with zero attached hydrogens (tertiary/aromatic N) is 2. The number of amides is 1. The summed E-state index contributed by atoms with van der Waals surface area (Å²) in [7, 11) is 0. The van der Waals surface area contributed by atoms with Gasteiger partial charge in [-0.15, -0.1) is 0 Å². The summed E-state index contributed by atoms with van der Waals surface area (Å²) in [6.07, 6.45) is 3.69. The second-order valence-corrected chi connectivity index (χ2v) is 9.62. The first kappa shape index (κ1) is 26.0. The average Bonchev–Trinajstić information content (AvgIpc) is 3.34. The van der Waals surface area contributed by atoms with E-state index in [1.54, 1.807) is 18.2 Å². The smallest absolute Gasteiger partial charge is 0.250 e. The molecule has 3 N–H and O–H groups in total. The lowest BCUT2D eigenvalue weighted by Gasteiger charge is -2.19. The molecule has 7 nitrogen and oxygen atoms in total. The van der Waals surface area contributed by atoms with E-state index in [-0.39, 0.29) is 24.0 Å². The van der Waals surface area contributed by atoms with Crippen LogP contribution in [0.15, 0.2) is 48.7 Å². The molecule has 2 aromatic carbocycles. The van der Waals surface area contributed by atoms with Crippen LogP contribution in [0, 0.1) is 6.57 Å². The van der Waals surface area contributed by atoms with E-state index in [4.69, 9.17) is 11.3 Å². The van der Waals surface area contributed by atoms with E-state index in [9.17, 15) is 9.90 Å². The van der Waals surface area contributed by atoms with E-state index in [0.717, 1.165) is 29.1 Å². The van der Waals surface area contributed by atoms with Crippen LogP contribution in [0.25, 0.3) is 16.1 Å². The van der Waals surface area contributed by atoms with Crippen molar-refractivity contribution in [2.45, 2.75) is 58.4 Å². The van der Waals surface area contributed by atoms with Crippen LogP contribution in [-0.2, 0) is 11.8 Å².